The van der Waals surface area contributed by atoms with E-state index < -0.39 is 45.7 Å². The van der Waals surface area contributed by atoms with E-state index in [4.69, 9.17) is 16.3 Å². The van der Waals surface area contributed by atoms with Gasteiger partial charge < -0.3 is 10.1 Å². The number of ether oxygens (including phenoxy) is 1. The Hall–Kier alpha value is -3.24. The van der Waals surface area contributed by atoms with Crippen LogP contribution in [0.5, 0.6) is 5.75 Å². The number of aryl methyl sites for hydroxylation is 1. The van der Waals surface area contributed by atoms with Crippen LogP contribution in [0.25, 0.3) is 0 Å². The first-order valence-electron chi connectivity index (χ1n) is 9.02. The second-order valence-corrected chi connectivity index (χ2v) is 8.72. The van der Waals surface area contributed by atoms with Crippen molar-refractivity contribution < 1.29 is 31.1 Å². The minimum Gasteiger partial charge on any atom is -0.483 e. The average molecular weight is 485 g/mol. The monoisotopic (exact) mass is 484 g/mol. The van der Waals surface area contributed by atoms with E-state index in [0.717, 1.165) is 6.07 Å². The Morgan fingerprint density at radius 1 is 1.00 bits per heavy atom. The summed E-state index contributed by atoms with van der Waals surface area (Å²) in [5.41, 5.74) is 0.202. The molecule has 3 aromatic rings. The molecule has 2 N–H and O–H groups in total. The molecule has 168 valence electrons. The van der Waals surface area contributed by atoms with Gasteiger partial charge in [-0.05, 0) is 67.1 Å². The number of amides is 1. The van der Waals surface area contributed by atoms with Crippen molar-refractivity contribution in [2.75, 3.05) is 16.6 Å². The summed E-state index contributed by atoms with van der Waals surface area (Å²) in [5, 5.41) is 2.53. The SMILES string of the molecule is Cc1cc(S(=O)(=O)Nc2ccc(Cl)cc2)ccc1OCC(=O)Nc1ccc(F)c(F)c1F. The highest BCUT2D eigenvalue weighted by Gasteiger charge is 2.18. The standard InChI is InChI=1S/C21H16ClF3N2O4S/c1-12-10-15(32(29,30)27-14-4-2-13(22)3-5-14)6-9-18(12)31-11-19(28)26-17-8-7-16(23)20(24)21(17)25/h2-10,27H,11H2,1H3,(H,26,28). The summed E-state index contributed by atoms with van der Waals surface area (Å²) in [7, 11) is -3.89. The van der Waals surface area contributed by atoms with Gasteiger partial charge in [-0.1, -0.05) is 11.6 Å². The third kappa shape index (κ3) is 5.51. The van der Waals surface area contributed by atoms with Crippen molar-refractivity contribution >= 4 is 38.9 Å². The predicted molar refractivity (Wildman–Crippen MR) is 114 cm³/mol. The molecule has 3 rings (SSSR count). The van der Waals surface area contributed by atoms with Crippen molar-refractivity contribution in [3.63, 3.8) is 0 Å². The molecule has 0 saturated carbocycles. The second kappa shape index (κ2) is 9.49. The van der Waals surface area contributed by atoms with E-state index in [1.165, 1.54) is 30.3 Å². The van der Waals surface area contributed by atoms with Crippen molar-refractivity contribution in [3.05, 3.63) is 82.6 Å². The minimum absolute atomic E-state index is 0.0365. The maximum Gasteiger partial charge on any atom is 0.262 e. The minimum atomic E-state index is -3.89. The maximum absolute atomic E-state index is 13.6. The number of hydrogen-bond acceptors (Lipinski definition) is 4. The summed E-state index contributed by atoms with van der Waals surface area (Å²) in [5.74, 6) is -5.24. The van der Waals surface area contributed by atoms with E-state index in [-0.39, 0.29) is 10.6 Å². The number of carbonyl (C=O) groups is 1. The van der Waals surface area contributed by atoms with Gasteiger partial charge in [-0.3, -0.25) is 9.52 Å². The molecule has 0 heterocycles. The number of rotatable bonds is 7. The van der Waals surface area contributed by atoms with Crippen LogP contribution >= 0.6 is 11.6 Å². The van der Waals surface area contributed by atoms with Gasteiger partial charge in [0.2, 0.25) is 0 Å². The molecule has 1 amide bonds. The lowest BCUT2D eigenvalue weighted by molar-refractivity contribution is -0.118. The van der Waals surface area contributed by atoms with Crippen LogP contribution in [-0.4, -0.2) is 20.9 Å². The Morgan fingerprint density at radius 2 is 1.69 bits per heavy atom. The van der Waals surface area contributed by atoms with E-state index in [9.17, 15) is 26.4 Å². The molecule has 0 bridgehead atoms. The van der Waals surface area contributed by atoms with Crippen molar-refractivity contribution in [3.8, 4) is 5.75 Å². The first-order valence-corrected chi connectivity index (χ1v) is 10.9. The Balaban J connectivity index is 1.65. The first kappa shape index (κ1) is 23.4. The topological polar surface area (TPSA) is 84.5 Å². The van der Waals surface area contributed by atoms with Crippen LogP contribution in [-0.2, 0) is 14.8 Å². The van der Waals surface area contributed by atoms with Gasteiger partial charge in [-0.15, -0.1) is 0 Å². The molecule has 3 aromatic carbocycles. The van der Waals surface area contributed by atoms with E-state index in [2.05, 4.69) is 10.0 Å². The van der Waals surface area contributed by atoms with E-state index in [0.29, 0.717) is 22.3 Å². The quantitative estimate of drug-likeness (QED) is 0.468. The van der Waals surface area contributed by atoms with Gasteiger partial charge in [-0.2, -0.15) is 0 Å². The van der Waals surface area contributed by atoms with Gasteiger partial charge in [0.1, 0.15) is 5.75 Å². The predicted octanol–water partition coefficient (Wildman–Crippen LogP) is 4.88. The summed E-state index contributed by atoms with van der Waals surface area (Å²) >= 11 is 5.79. The molecule has 0 fully saturated rings. The van der Waals surface area contributed by atoms with E-state index >= 15 is 0 Å². The fraction of sp³-hybridized carbons (Fsp3) is 0.0952. The van der Waals surface area contributed by atoms with Gasteiger partial charge in [0, 0.05) is 10.7 Å². The molecule has 11 heteroatoms. The number of carbonyl (C=O) groups excluding carboxylic acids is 1. The van der Waals surface area contributed by atoms with Crippen LogP contribution in [0.2, 0.25) is 5.02 Å². The smallest absolute Gasteiger partial charge is 0.262 e. The van der Waals surface area contributed by atoms with Gasteiger partial charge in [0.05, 0.1) is 10.6 Å². The lowest BCUT2D eigenvalue weighted by Crippen LogP contribution is -2.21. The zero-order valence-corrected chi connectivity index (χ0v) is 18.0. The van der Waals surface area contributed by atoms with Crippen molar-refractivity contribution in [2.45, 2.75) is 11.8 Å². The Kier molecular flexibility index (Phi) is 6.95. The van der Waals surface area contributed by atoms with Crippen molar-refractivity contribution in [1.29, 1.82) is 0 Å². The molecule has 6 nitrogen and oxygen atoms in total. The summed E-state index contributed by atoms with van der Waals surface area (Å²) in [6.07, 6.45) is 0. The molecule has 0 radical (unpaired) electrons. The summed E-state index contributed by atoms with van der Waals surface area (Å²) in [6, 6.07) is 11.7. The van der Waals surface area contributed by atoms with Crippen LogP contribution in [0, 0.1) is 24.4 Å². The van der Waals surface area contributed by atoms with Gasteiger partial charge in [-0.25, -0.2) is 21.6 Å². The second-order valence-electron chi connectivity index (χ2n) is 6.60. The Morgan fingerprint density at radius 3 is 2.34 bits per heavy atom. The van der Waals surface area contributed by atoms with Crippen LogP contribution in [0.3, 0.4) is 0 Å². The van der Waals surface area contributed by atoms with Crippen molar-refractivity contribution in [1.82, 2.24) is 0 Å². The average Bonchev–Trinajstić information content (AvgIpc) is 2.74. The Bertz CT molecular complexity index is 1270. The zero-order valence-electron chi connectivity index (χ0n) is 16.5. The van der Waals surface area contributed by atoms with Crippen LogP contribution in [0.4, 0.5) is 24.5 Å². The molecular formula is C21H16ClF3N2O4S. The molecule has 0 spiro atoms. The largest absolute Gasteiger partial charge is 0.483 e. The van der Waals surface area contributed by atoms with Gasteiger partial charge in [0.15, 0.2) is 24.1 Å². The molecule has 0 aromatic heterocycles. The van der Waals surface area contributed by atoms with E-state index in [1.54, 1.807) is 19.1 Å². The molecule has 32 heavy (non-hydrogen) atoms. The zero-order chi connectivity index (χ0) is 23.5. The number of nitrogens with one attached hydrogen (secondary N) is 2. The molecule has 0 aliphatic heterocycles. The lowest BCUT2D eigenvalue weighted by Gasteiger charge is -2.13. The summed E-state index contributed by atoms with van der Waals surface area (Å²) in [6.45, 7) is 0.998. The molecule has 0 unspecified atom stereocenters. The molecule has 0 atom stereocenters. The van der Waals surface area contributed by atoms with Crippen molar-refractivity contribution in [2.24, 2.45) is 0 Å². The number of sulfonamides is 1. The maximum atomic E-state index is 13.6. The highest BCUT2D eigenvalue weighted by molar-refractivity contribution is 7.92. The number of benzene rings is 3. The highest BCUT2D eigenvalue weighted by Crippen LogP contribution is 2.24. The molecule has 0 aliphatic rings. The van der Waals surface area contributed by atoms with Crippen LogP contribution in [0.15, 0.2) is 59.5 Å². The third-order valence-electron chi connectivity index (χ3n) is 4.22. The highest BCUT2D eigenvalue weighted by atomic mass is 35.5. The normalized spacial score (nSPS) is 11.2. The molecule has 0 saturated heterocycles. The first-order chi connectivity index (χ1) is 15.1. The number of hydrogen-bond donors (Lipinski definition) is 2. The molecular weight excluding hydrogens is 469 g/mol. The third-order valence-corrected chi connectivity index (χ3v) is 5.85. The van der Waals surface area contributed by atoms with Gasteiger partial charge >= 0.3 is 0 Å². The summed E-state index contributed by atoms with van der Waals surface area (Å²) in [4.78, 5) is 11.9. The fourth-order valence-corrected chi connectivity index (χ4v) is 3.90. The number of anilines is 2. The van der Waals surface area contributed by atoms with Crippen LogP contribution < -0.4 is 14.8 Å². The fourth-order valence-electron chi connectivity index (χ4n) is 2.64. The summed E-state index contributed by atoms with van der Waals surface area (Å²) < 4.78 is 72.7. The molecule has 0 aliphatic carbocycles. The van der Waals surface area contributed by atoms with Crippen LogP contribution in [0.1, 0.15) is 5.56 Å². The van der Waals surface area contributed by atoms with E-state index in [1.807, 2.05) is 0 Å². The number of halogens is 4. The lowest BCUT2D eigenvalue weighted by atomic mass is 10.2. The van der Waals surface area contributed by atoms with Gasteiger partial charge in [0.25, 0.3) is 15.9 Å². The Labute approximate surface area is 187 Å².